The average molecular weight is 247 g/mol. The second-order valence-corrected chi connectivity index (χ2v) is 3.90. The highest BCUT2D eigenvalue weighted by Crippen LogP contribution is 2.24. The van der Waals surface area contributed by atoms with Gasteiger partial charge in [-0.25, -0.2) is 9.59 Å². The third-order valence-corrected chi connectivity index (χ3v) is 2.69. The van der Waals surface area contributed by atoms with Gasteiger partial charge in [-0.2, -0.15) is 0 Å². The molecule has 0 aromatic carbocycles. The van der Waals surface area contributed by atoms with E-state index < -0.39 is 18.0 Å². The minimum absolute atomic E-state index is 0.000463. The number of hydrogen-bond acceptors (Lipinski definition) is 3. The van der Waals surface area contributed by atoms with Crippen LogP contribution in [0.15, 0.2) is 10.7 Å². The third-order valence-electron chi connectivity index (χ3n) is 2.25. The molecule has 0 aromatic heterocycles. The fourth-order valence-electron chi connectivity index (χ4n) is 1.39. The van der Waals surface area contributed by atoms with Crippen molar-refractivity contribution in [1.29, 1.82) is 0 Å². The number of carbonyl (C=O) groups excluding carboxylic acids is 2. The van der Waals surface area contributed by atoms with Gasteiger partial charge in [-0.05, 0) is 6.92 Å². The van der Waals surface area contributed by atoms with Crippen LogP contribution in [-0.2, 0) is 9.59 Å². The van der Waals surface area contributed by atoms with Crippen LogP contribution in [0.1, 0.15) is 13.3 Å². The summed E-state index contributed by atoms with van der Waals surface area (Å²) in [5.41, 5.74) is -0.365. The zero-order valence-electron chi connectivity index (χ0n) is 8.78. The molecule has 0 spiro atoms. The predicted octanol–water partition coefficient (Wildman–Crippen LogP) is 0.524. The molecule has 0 saturated carbocycles. The van der Waals surface area contributed by atoms with Crippen molar-refractivity contribution in [1.82, 2.24) is 10.2 Å². The van der Waals surface area contributed by atoms with Crippen LogP contribution in [0.3, 0.4) is 0 Å². The summed E-state index contributed by atoms with van der Waals surface area (Å²) in [7, 11) is 1.45. The Morgan fingerprint density at radius 2 is 2.12 bits per heavy atom. The van der Waals surface area contributed by atoms with Gasteiger partial charge in [0.1, 0.15) is 11.5 Å². The summed E-state index contributed by atoms with van der Waals surface area (Å²) in [5, 5.41) is 10.9. The number of ketones is 1. The van der Waals surface area contributed by atoms with E-state index in [0.717, 1.165) is 0 Å². The van der Waals surface area contributed by atoms with E-state index in [9.17, 15) is 14.4 Å². The van der Waals surface area contributed by atoms with Gasteiger partial charge >= 0.3 is 12.0 Å². The summed E-state index contributed by atoms with van der Waals surface area (Å²) < 4.78 is 0. The number of nitrogens with one attached hydrogen (secondary N) is 1. The van der Waals surface area contributed by atoms with Gasteiger partial charge in [-0.3, -0.25) is 4.79 Å². The monoisotopic (exact) mass is 246 g/mol. The number of aliphatic carboxylic acids is 1. The predicted molar refractivity (Wildman–Crippen MR) is 55.9 cm³/mol. The van der Waals surface area contributed by atoms with Crippen molar-refractivity contribution in [2.24, 2.45) is 0 Å². The van der Waals surface area contributed by atoms with Crippen LogP contribution in [0.4, 0.5) is 4.79 Å². The molecular formula is C9H11ClN2O4. The topological polar surface area (TPSA) is 86.7 Å². The first-order chi connectivity index (χ1) is 7.34. The number of rotatable bonds is 3. The van der Waals surface area contributed by atoms with Crippen LogP contribution >= 0.6 is 11.6 Å². The molecule has 0 radical (unpaired) electrons. The lowest BCUT2D eigenvalue weighted by Crippen LogP contribution is -2.50. The third kappa shape index (κ3) is 2.33. The molecule has 0 saturated heterocycles. The fourth-order valence-corrected chi connectivity index (χ4v) is 1.74. The minimum atomic E-state index is -1.32. The van der Waals surface area contributed by atoms with E-state index in [0.29, 0.717) is 0 Å². The van der Waals surface area contributed by atoms with Gasteiger partial charge in [-0.15, -0.1) is 0 Å². The van der Waals surface area contributed by atoms with Crippen molar-refractivity contribution in [3.63, 3.8) is 0 Å². The lowest BCUT2D eigenvalue weighted by atomic mass is 10.1. The van der Waals surface area contributed by atoms with Crippen molar-refractivity contribution in [3.05, 3.63) is 10.7 Å². The van der Waals surface area contributed by atoms with Gasteiger partial charge in [0.15, 0.2) is 0 Å². The summed E-state index contributed by atoms with van der Waals surface area (Å²) in [6.45, 7) is 1.35. The number of amides is 2. The Hall–Kier alpha value is -1.56. The molecule has 1 aliphatic rings. The zero-order valence-corrected chi connectivity index (χ0v) is 9.54. The summed E-state index contributed by atoms with van der Waals surface area (Å²) in [4.78, 5) is 34.4. The van der Waals surface area contributed by atoms with Gasteiger partial charge in [0.2, 0.25) is 0 Å². The molecule has 6 nitrogen and oxygen atoms in total. The second-order valence-electron chi connectivity index (χ2n) is 3.49. The molecular weight excluding hydrogens is 236 g/mol. The van der Waals surface area contributed by atoms with E-state index in [1.165, 1.54) is 18.9 Å². The average Bonchev–Trinajstić information content (AvgIpc) is 2.17. The molecule has 0 bridgehead atoms. The van der Waals surface area contributed by atoms with E-state index in [1.807, 2.05) is 0 Å². The normalized spacial score (nSPS) is 20.8. The molecule has 0 aliphatic carbocycles. The van der Waals surface area contributed by atoms with Gasteiger partial charge in [0.25, 0.3) is 0 Å². The van der Waals surface area contributed by atoms with Crippen molar-refractivity contribution < 1.29 is 19.5 Å². The Kier molecular flexibility index (Phi) is 3.54. The second kappa shape index (κ2) is 4.52. The van der Waals surface area contributed by atoms with Crippen LogP contribution in [0.2, 0.25) is 0 Å². The Morgan fingerprint density at radius 1 is 1.56 bits per heavy atom. The highest BCUT2D eigenvalue weighted by molar-refractivity contribution is 6.33. The molecule has 7 heteroatoms. The zero-order chi connectivity index (χ0) is 12.5. The molecule has 2 N–H and O–H groups in total. The smallest absolute Gasteiger partial charge is 0.353 e. The highest BCUT2D eigenvalue weighted by Gasteiger charge is 2.34. The maximum Gasteiger partial charge on any atom is 0.353 e. The van der Waals surface area contributed by atoms with E-state index in [-0.39, 0.29) is 22.9 Å². The first-order valence-electron chi connectivity index (χ1n) is 4.50. The van der Waals surface area contributed by atoms with Gasteiger partial charge in [0.05, 0.1) is 11.1 Å². The SMILES string of the molecule is CC(=O)CC1C(Cl)=C(C(=O)O)NC(=O)N1C. The number of likely N-dealkylation sites (N-methyl/N-ethyl adjacent to an activating group) is 1. The molecule has 1 heterocycles. The van der Waals surface area contributed by atoms with Gasteiger partial charge in [-0.1, -0.05) is 11.6 Å². The molecule has 88 valence electrons. The summed E-state index contributed by atoms with van der Waals surface area (Å²) >= 11 is 5.84. The summed E-state index contributed by atoms with van der Waals surface area (Å²) in [6.07, 6.45) is -0.000463. The lowest BCUT2D eigenvalue weighted by molar-refractivity contribution is -0.133. The molecule has 1 aliphatic heterocycles. The lowest BCUT2D eigenvalue weighted by Gasteiger charge is -2.32. The first kappa shape index (κ1) is 12.5. The quantitative estimate of drug-likeness (QED) is 0.760. The van der Waals surface area contributed by atoms with Crippen molar-refractivity contribution >= 4 is 29.4 Å². The van der Waals surface area contributed by atoms with E-state index in [2.05, 4.69) is 5.32 Å². The number of carbonyl (C=O) groups is 3. The Balaban J connectivity index is 3.11. The highest BCUT2D eigenvalue weighted by atomic mass is 35.5. The minimum Gasteiger partial charge on any atom is -0.477 e. The molecule has 1 atom stereocenters. The molecule has 1 rings (SSSR count). The maximum atomic E-state index is 11.4. The maximum absolute atomic E-state index is 11.4. The van der Waals surface area contributed by atoms with Crippen LogP contribution in [0.25, 0.3) is 0 Å². The van der Waals surface area contributed by atoms with Crippen molar-refractivity contribution in [3.8, 4) is 0 Å². The standard InChI is InChI=1S/C9H11ClN2O4/c1-4(13)3-5-6(10)7(8(14)15)11-9(16)12(5)2/h5H,3H2,1-2H3,(H,11,16)(H,14,15). The number of carboxylic acid groups (broad SMARTS) is 1. The first-order valence-corrected chi connectivity index (χ1v) is 4.88. The summed E-state index contributed by atoms with van der Waals surface area (Å²) in [6, 6.07) is -1.30. The van der Waals surface area contributed by atoms with E-state index in [1.54, 1.807) is 0 Å². The number of halogens is 1. The van der Waals surface area contributed by atoms with Crippen LogP contribution < -0.4 is 5.32 Å². The fraction of sp³-hybridized carbons (Fsp3) is 0.444. The molecule has 1 unspecified atom stereocenters. The van der Waals surface area contributed by atoms with E-state index >= 15 is 0 Å². The summed E-state index contributed by atoms with van der Waals surface area (Å²) in [5.74, 6) is -1.49. The van der Waals surface area contributed by atoms with E-state index in [4.69, 9.17) is 16.7 Å². The molecule has 16 heavy (non-hydrogen) atoms. The molecule has 0 aromatic rings. The van der Waals surface area contributed by atoms with Crippen molar-refractivity contribution in [2.75, 3.05) is 7.05 Å². The molecule has 0 fully saturated rings. The Labute approximate surface area is 96.9 Å². The van der Waals surface area contributed by atoms with Crippen LogP contribution in [0, 0.1) is 0 Å². The number of urea groups is 1. The van der Waals surface area contributed by atoms with Crippen LogP contribution in [0.5, 0.6) is 0 Å². The Bertz CT molecular complexity index is 391. The van der Waals surface area contributed by atoms with Gasteiger partial charge in [0, 0.05) is 13.5 Å². The van der Waals surface area contributed by atoms with Gasteiger partial charge < -0.3 is 15.3 Å². The Morgan fingerprint density at radius 3 is 2.56 bits per heavy atom. The largest absolute Gasteiger partial charge is 0.477 e. The number of carboxylic acids is 1. The number of nitrogens with zero attached hydrogens (tertiary/aromatic N) is 1. The van der Waals surface area contributed by atoms with Crippen LogP contribution in [-0.4, -0.2) is 40.9 Å². The molecule has 2 amide bonds. The number of Topliss-reactive ketones (excluding diaryl/α,β-unsaturated/α-hetero) is 1. The number of hydrogen-bond donors (Lipinski definition) is 2. The van der Waals surface area contributed by atoms with Crippen molar-refractivity contribution in [2.45, 2.75) is 19.4 Å².